The van der Waals surface area contributed by atoms with Crippen molar-refractivity contribution in [2.24, 2.45) is 0 Å². The Kier molecular flexibility index (Phi) is 3.35. The predicted octanol–water partition coefficient (Wildman–Crippen LogP) is -0.473. The van der Waals surface area contributed by atoms with Crippen LogP contribution in [0.15, 0.2) is 0 Å². The topological polar surface area (TPSA) is 94.0 Å². The highest BCUT2D eigenvalue weighted by Gasteiger charge is 2.10. The van der Waals surface area contributed by atoms with E-state index in [4.69, 9.17) is 10.5 Å². The van der Waals surface area contributed by atoms with Crippen LogP contribution in [0.3, 0.4) is 0 Å². The van der Waals surface area contributed by atoms with Gasteiger partial charge in [-0.25, -0.2) is 10.1 Å². The van der Waals surface area contributed by atoms with Crippen molar-refractivity contribution >= 4 is 0 Å². The monoisotopic (exact) mass is 140 g/mol. The Balaban J connectivity index is 3.90. The van der Waals surface area contributed by atoms with Crippen LogP contribution in [0.25, 0.3) is 0 Å². The molecule has 0 fully saturated rings. The third-order valence-corrected chi connectivity index (χ3v) is 0.737. The Bertz CT molecular complexity index is 184. The molecular formula is C4H4N4O2. The maximum atomic E-state index is 9.91. The molecule has 0 atom stereocenters. The van der Waals surface area contributed by atoms with E-state index in [1.807, 2.05) is 0 Å². The minimum Gasteiger partial charge on any atom is -0.235 e. The van der Waals surface area contributed by atoms with Gasteiger partial charge in [0, 0.05) is 0 Å². The van der Waals surface area contributed by atoms with Crippen LogP contribution in [0.5, 0.6) is 0 Å². The van der Waals surface area contributed by atoms with E-state index in [0.29, 0.717) is 5.01 Å². The van der Waals surface area contributed by atoms with Gasteiger partial charge in [0.05, 0.1) is 12.1 Å². The van der Waals surface area contributed by atoms with Gasteiger partial charge >= 0.3 is 0 Å². The molecule has 0 saturated heterocycles. The first-order chi connectivity index (χ1) is 4.72. The zero-order chi connectivity index (χ0) is 7.98. The normalized spacial score (nSPS) is 7.40. The van der Waals surface area contributed by atoms with Crippen LogP contribution >= 0.6 is 0 Å². The minimum atomic E-state index is -0.771. The van der Waals surface area contributed by atoms with Gasteiger partial charge in [-0.3, -0.25) is 0 Å². The summed E-state index contributed by atoms with van der Waals surface area (Å²) in [7, 11) is 0. The van der Waals surface area contributed by atoms with Crippen LogP contribution in [0, 0.1) is 32.8 Å². The molecule has 6 heteroatoms. The van der Waals surface area contributed by atoms with Crippen LogP contribution < -0.4 is 0 Å². The Labute approximate surface area is 57.0 Å². The fourth-order valence-corrected chi connectivity index (χ4v) is 0.335. The lowest BCUT2D eigenvalue weighted by Crippen LogP contribution is -2.30. The molecule has 0 aliphatic carbocycles. The number of nitrogens with zero attached hydrogens (tertiary/aromatic N) is 4. The highest BCUT2D eigenvalue weighted by Crippen LogP contribution is 1.84. The Morgan fingerprint density at radius 2 is 1.80 bits per heavy atom. The maximum absolute atomic E-state index is 9.91. The van der Waals surface area contributed by atoms with Crippen LogP contribution in [-0.4, -0.2) is 23.1 Å². The van der Waals surface area contributed by atoms with Crippen LogP contribution in [0.2, 0.25) is 0 Å². The number of rotatable bonds is 3. The second-order valence-electron chi connectivity index (χ2n) is 1.38. The van der Waals surface area contributed by atoms with Gasteiger partial charge in [0.1, 0.15) is 0 Å². The lowest BCUT2D eigenvalue weighted by Gasteiger charge is -2.03. The highest BCUT2D eigenvalue weighted by molar-refractivity contribution is 4.79. The molecular weight excluding hydrogens is 136 g/mol. The average Bonchev–Trinajstić information content (AvgIpc) is 1.87. The molecule has 0 aromatic rings. The third kappa shape index (κ3) is 2.48. The molecule has 6 nitrogen and oxygen atoms in total. The molecule has 0 N–H and O–H groups in total. The van der Waals surface area contributed by atoms with E-state index in [9.17, 15) is 10.1 Å². The summed E-state index contributed by atoms with van der Waals surface area (Å²) in [5, 5.41) is 25.7. The van der Waals surface area contributed by atoms with E-state index in [-0.39, 0.29) is 13.1 Å². The Morgan fingerprint density at radius 1 is 1.40 bits per heavy atom. The van der Waals surface area contributed by atoms with Gasteiger partial charge in [0.25, 0.3) is 0 Å². The van der Waals surface area contributed by atoms with Crippen molar-refractivity contribution < 1.29 is 5.03 Å². The SMILES string of the molecule is N#CCN(CC#N)[N+](=O)[O-]. The summed E-state index contributed by atoms with van der Waals surface area (Å²) in [6.45, 7) is -0.721. The summed E-state index contributed by atoms with van der Waals surface area (Å²) in [6.07, 6.45) is 0. The number of hydrazine groups is 1. The zero-order valence-corrected chi connectivity index (χ0v) is 5.02. The first-order valence-corrected chi connectivity index (χ1v) is 2.35. The molecule has 0 heterocycles. The minimum absolute atomic E-state index is 0.361. The van der Waals surface area contributed by atoms with Crippen molar-refractivity contribution in [3.8, 4) is 12.1 Å². The Hall–Kier alpha value is -1.82. The quantitative estimate of drug-likeness (QED) is 0.300. The smallest absolute Gasteiger partial charge is 0.166 e. The molecule has 0 rings (SSSR count). The lowest BCUT2D eigenvalue weighted by atomic mass is 10.6. The summed E-state index contributed by atoms with van der Waals surface area (Å²) in [4.78, 5) is 9.91. The molecule has 0 aliphatic heterocycles. The van der Waals surface area contributed by atoms with Gasteiger partial charge in [-0.05, 0) is 0 Å². The molecule has 0 aromatic carbocycles. The number of nitriles is 2. The molecule has 52 valence electrons. The summed E-state index contributed by atoms with van der Waals surface area (Å²) < 4.78 is 0. The summed E-state index contributed by atoms with van der Waals surface area (Å²) >= 11 is 0. The van der Waals surface area contributed by atoms with Crippen LogP contribution in [0.4, 0.5) is 0 Å². The van der Waals surface area contributed by atoms with E-state index < -0.39 is 5.03 Å². The van der Waals surface area contributed by atoms with E-state index in [1.54, 1.807) is 12.1 Å². The third-order valence-electron chi connectivity index (χ3n) is 0.737. The number of hydrogen-bond acceptors (Lipinski definition) is 4. The number of nitro groups is 1. The molecule has 0 aliphatic rings. The van der Waals surface area contributed by atoms with Crippen molar-refractivity contribution in [2.45, 2.75) is 0 Å². The highest BCUT2D eigenvalue weighted by atomic mass is 16.7. The van der Waals surface area contributed by atoms with Crippen molar-refractivity contribution in [1.29, 1.82) is 10.5 Å². The van der Waals surface area contributed by atoms with Gasteiger partial charge in [-0.1, -0.05) is 0 Å². The predicted molar refractivity (Wildman–Crippen MR) is 29.8 cm³/mol. The van der Waals surface area contributed by atoms with Gasteiger partial charge in [0.2, 0.25) is 0 Å². The molecule has 0 unspecified atom stereocenters. The summed E-state index contributed by atoms with van der Waals surface area (Å²) in [5.41, 5.74) is 0. The first kappa shape index (κ1) is 8.18. The fourth-order valence-electron chi connectivity index (χ4n) is 0.335. The molecule has 0 amide bonds. The van der Waals surface area contributed by atoms with Crippen LogP contribution in [-0.2, 0) is 0 Å². The summed E-state index contributed by atoms with van der Waals surface area (Å²) in [6, 6.07) is 3.13. The van der Waals surface area contributed by atoms with Gasteiger partial charge in [-0.15, -0.1) is 5.01 Å². The molecule has 0 bridgehead atoms. The largest absolute Gasteiger partial charge is 0.235 e. The standard InChI is InChI=1S/C4H4N4O2/c5-1-3-7(4-2-6)8(9)10/h3-4H2. The van der Waals surface area contributed by atoms with Crippen LogP contribution in [0.1, 0.15) is 0 Å². The van der Waals surface area contributed by atoms with Gasteiger partial charge < -0.3 is 0 Å². The zero-order valence-electron chi connectivity index (χ0n) is 5.02. The second-order valence-corrected chi connectivity index (χ2v) is 1.38. The molecule has 0 radical (unpaired) electrons. The fraction of sp³-hybridized carbons (Fsp3) is 0.500. The van der Waals surface area contributed by atoms with Gasteiger partial charge in [-0.2, -0.15) is 10.5 Å². The van der Waals surface area contributed by atoms with Gasteiger partial charge in [0.15, 0.2) is 18.1 Å². The van der Waals surface area contributed by atoms with E-state index in [0.717, 1.165) is 0 Å². The summed E-state index contributed by atoms with van der Waals surface area (Å²) in [5.74, 6) is 0. The Morgan fingerprint density at radius 3 is 2.00 bits per heavy atom. The second kappa shape index (κ2) is 4.10. The number of hydrogen-bond donors (Lipinski definition) is 0. The lowest BCUT2D eigenvalue weighted by molar-refractivity contribution is -0.650. The van der Waals surface area contributed by atoms with Crippen molar-refractivity contribution in [3.63, 3.8) is 0 Å². The van der Waals surface area contributed by atoms with E-state index >= 15 is 0 Å². The molecule has 0 saturated carbocycles. The average molecular weight is 140 g/mol. The van der Waals surface area contributed by atoms with Crippen molar-refractivity contribution in [1.82, 2.24) is 5.01 Å². The van der Waals surface area contributed by atoms with E-state index in [1.165, 1.54) is 0 Å². The maximum Gasteiger partial charge on any atom is 0.166 e. The molecule has 0 aromatic heterocycles. The molecule has 0 spiro atoms. The van der Waals surface area contributed by atoms with E-state index in [2.05, 4.69) is 0 Å². The molecule has 10 heavy (non-hydrogen) atoms. The van der Waals surface area contributed by atoms with Crippen molar-refractivity contribution in [3.05, 3.63) is 10.1 Å². The van der Waals surface area contributed by atoms with Crippen molar-refractivity contribution in [2.75, 3.05) is 13.1 Å². The first-order valence-electron chi connectivity index (χ1n) is 2.35.